The van der Waals surface area contributed by atoms with Gasteiger partial charge in [-0.15, -0.1) is 11.3 Å². The van der Waals surface area contributed by atoms with Gasteiger partial charge in [0, 0.05) is 24.9 Å². The fourth-order valence-corrected chi connectivity index (χ4v) is 5.74. The van der Waals surface area contributed by atoms with E-state index in [-0.39, 0.29) is 11.4 Å². The lowest BCUT2D eigenvalue weighted by Gasteiger charge is -2.29. The van der Waals surface area contributed by atoms with Gasteiger partial charge in [-0.05, 0) is 25.8 Å². The van der Waals surface area contributed by atoms with Gasteiger partial charge in [0.25, 0.3) is 0 Å². The Kier molecular flexibility index (Phi) is 4.45. The highest BCUT2D eigenvalue weighted by Crippen LogP contribution is 2.34. The van der Waals surface area contributed by atoms with Crippen LogP contribution in [-0.2, 0) is 14.8 Å². The Bertz CT molecular complexity index is 871. The lowest BCUT2D eigenvalue weighted by molar-refractivity contribution is -0.142. The first-order valence-corrected chi connectivity index (χ1v) is 9.69. The van der Waals surface area contributed by atoms with Gasteiger partial charge in [-0.3, -0.25) is 4.79 Å². The largest absolute Gasteiger partial charge is 0.481 e. The lowest BCUT2D eigenvalue weighted by Crippen LogP contribution is -2.42. The molecule has 0 bridgehead atoms. The Morgan fingerprint density at radius 2 is 2.21 bits per heavy atom. The van der Waals surface area contributed by atoms with Crippen LogP contribution in [0.3, 0.4) is 0 Å². The van der Waals surface area contributed by atoms with Gasteiger partial charge in [-0.25, -0.2) is 8.42 Å². The molecule has 130 valence electrons. The summed E-state index contributed by atoms with van der Waals surface area (Å²) in [7, 11) is -3.75. The number of aryl methyl sites for hydroxylation is 2. The van der Waals surface area contributed by atoms with Crippen molar-refractivity contribution in [1.82, 2.24) is 14.4 Å². The van der Waals surface area contributed by atoms with E-state index in [2.05, 4.69) is 10.1 Å². The van der Waals surface area contributed by atoms with Crippen molar-refractivity contribution >= 4 is 27.3 Å². The number of rotatable bonds is 4. The first-order valence-electron chi connectivity index (χ1n) is 7.43. The van der Waals surface area contributed by atoms with Crippen LogP contribution in [0.1, 0.15) is 23.6 Å². The highest BCUT2D eigenvalue weighted by molar-refractivity contribution is 7.89. The minimum Gasteiger partial charge on any atom is -0.481 e. The molecular formula is C14H17N3O5S2. The Morgan fingerprint density at radius 3 is 2.83 bits per heavy atom. The fraction of sp³-hybridized carbons (Fsp3) is 0.500. The summed E-state index contributed by atoms with van der Waals surface area (Å²) in [5.41, 5.74) is 0. The van der Waals surface area contributed by atoms with Gasteiger partial charge in [0.05, 0.1) is 15.7 Å². The number of hydrogen-bond acceptors (Lipinski definition) is 7. The van der Waals surface area contributed by atoms with E-state index in [0.29, 0.717) is 40.9 Å². The molecule has 1 saturated heterocycles. The van der Waals surface area contributed by atoms with Crippen LogP contribution >= 0.6 is 11.3 Å². The Hall–Kier alpha value is -1.78. The number of aliphatic carboxylic acids is 1. The van der Waals surface area contributed by atoms with E-state index in [1.165, 1.54) is 21.7 Å². The number of nitrogens with zero attached hydrogens (tertiary/aromatic N) is 3. The highest BCUT2D eigenvalue weighted by atomic mass is 32.2. The minimum atomic E-state index is -3.75. The molecule has 1 unspecified atom stereocenters. The van der Waals surface area contributed by atoms with Crippen LogP contribution < -0.4 is 0 Å². The third kappa shape index (κ3) is 3.08. The molecule has 2 aromatic rings. The second-order valence-electron chi connectivity index (χ2n) is 5.71. The average Bonchev–Trinajstić information content (AvgIpc) is 3.13. The van der Waals surface area contributed by atoms with E-state index in [1.54, 1.807) is 13.8 Å². The molecule has 1 N–H and O–H groups in total. The second kappa shape index (κ2) is 6.26. The summed E-state index contributed by atoms with van der Waals surface area (Å²) in [4.78, 5) is 16.7. The summed E-state index contributed by atoms with van der Waals surface area (Å²) in [6, 6.07) is 1.53. The first kappa shape index (κ1) is 17.1. The number of carboxylic acids is 1. The molecule has 10 heteroatoms. The van der Waals surface area contributed by atoms with Crippen molar-refractivity contribution < 1.29 is 22.8 Å². The number of piperidine rings is 1. The zero-order valence-corrected chi connectivity index (χ0v) is 14.9. The smallest absolute Gasteiger partial charge is 0.307 e. The maximum atomic E-state index is 12.9. The van der Waals surface area contributed by atoms with Crippen LogP contribution in [0.5, 0.6) is 0 Å². The molecule has 0 saturated carbocycles. The van der Waals surface area contributed by atoms with Gasteiger partial charge in [0.1, 0.15) is 0 Å². The first-order chi connectivity index (χ1) is 11.3. The molecule has 3 rings (SSSR count). The molecule has 0 radical (unpaired) electrons. The molecule has 1 fully saturated rings. The fourth-order valence-electron chi connectivity index (χ4n) is 2.73. The van der Waals surface area contributed by atoms with Crippen molar-refractivity contribution in [2.24, 2.45) is 5.92 Å². The van der Waals surface area contributed by atoms with Crippen LogP contribution in [-0.4, -0.2) is 47.0 Å². The van der Waals surface area contributed by atoms with Gasteiger partial charge < -0.3 is 9.63 Å². The maximum absolute atomic E-state index is 12.9. The Balaban J connectivity index is 1.92. The molecule has 1 aliphatic rings. The topological polar surface area (TPSA) is 114 Å². The maximum Gasteiger partial charge on any atom is 0.307 e. The summed E-state index contributed by atoms with van der Waals surface area (Å²) in [5.74, 6) is -0.864. The third-order valence-electron chi connectivity index (χ3n) is 3.97. The predicted octanol–water partition coefficient (Wildman–Crippen LogP) is 1.90. The van der Waals surface area contributed by atoms with Gasteiger partial charge >= 0.3 is 5.97 Å². The van der Waals surface area contributed by atoms with E-state index in [9.17, 15) is 13.2 Å². The van der Waals surface area contributed by atoms with E-state index >= 15 is 0 Å². The number of carboxylic acid groups (broad SMARTS) is 1. The SMILES string of the molecule is Cc1nc(-c2cc(S(=O)(=O)N3CCCC(C(=O)O)C3)c(C)s2)no1. The molecular weight excluding hydrogens is 354 g/mol. The zero-order chi connectivity index (χ0) is 17.5. The molecule has 0 amide bonds. The standard InChI is InChI=1S/C14H17N3O5S2/c1-8-12(6-11(23-8)13-15-9(2)22-16-13)24(20,21)17-5-3-4-10(7-17)14(18)19/h6,10H,3-5,7H2,1-2H3,(H,18,19). The summed E-state index contributed by atoms with van der Waals surface area (Å²) in [6.45, 7) is 3.71. The van der Waals surface area contributed by atoms with Crippen molar-refractivity contribution in [2.75, 3.05) is 13.1 Å². The van der Waals surface area contributed by atoms with Crippen molar-refractivity contribution in [3.8, 4) is 10.7 Å². The molecule has 24 heavy (non-hydrogen) atoms. The summed E-state index contributed by atoms with van der Waals surface area (Å²) >= 11 is 1.27. The van der Waals surface area contributed by atoms with Crippen molar-refractivity contribution in [3.63, 3.8) is 0 Å². The van der Waals surface area contributed by atoms with E-state index in [1.807, 2.05) is 0 Å². The summed E-state index contributed by atoms with van der Waals surface area (Å²) < 4.78 is 32.0. The van der Waals surface area contributed by atoms with Crippen molar-refractivity contribution in [1.29, 1.82) is 0 Å². The number of carbonyl (C=O) groups is 1. The number of hydrogen-bond donors (Lipinski definition) is 1. The number of aromatic nitrogens is 2. The Morgan fingerprint density at radius 1 is 1.46 bits per heavy atom. The predicted molar refractivity (Wildman–Crippen MR) is 86.2 cm³/mol. The van der Waals surface area contributed by atoms with Crippen LogP contribution in [0.4, 0.5) is 0 Å². The molecule has 0 aliphatic carbocycles. The van der Waals surface area contributed by atoms with E-state index in [4.69, 9.17) is 9.63 Å². The van der Waals surface area contributed by atoms with E-state index < -0.39 is 21.9 Å². The highest BCUT2D eigenvalue weighted by Gasteiger charge is 2.35. The summed E-state index contributed by atoms with van der Waals surface area (Å²) in [5, 5.41) is 13.0. The minimum absolute atomic E-state index is 0.00358. The van der Waals surface area contributed by atoms with Crippen LogP contribution in [0, 0.1) is 19.8 Å². The number of thiophene rings is 1. The van der Waals surface area contributed by atoms with Crippen molar-refractivity contribution in [3.05, 3.63) is 16.8 Å². The quantitative estimate of drug-likeness (QED) is 0.873. The average molecular weight is 371 g/mol. The van der Waals surface area contributed by atoms with Gasteiger partial charge in [0.2, 0.25) is 21.7 Å². The molecule has 0 spiro atoms. The van der Waals surface area contributed by atoms with Crippen LogP contribution in [0.15, 0.2) is 15.5 Å². The lowest BCUT2D eigenvalue weighted by atomic mass is 10.0. The summed E-state index contributed by atoms with van der Waals surface area (Å²) in [6.07, 6.45) is 1.04. The Labute approximate surface area is 143 Å². The molecule has 1 atom stereocenters. The molecule has 3 heterocycles. The third-order valence-corrected chi connectivity index (χ3v) is 7.14. The molecule has 1 aliphatic heterocycles. The monoisotopic (exact) mass is 371 g/mol. The molecule has 2 aromatic heterocycles. The van der Waals surface area contributed by atoms with Gasteiger partial charge in [-0.2, -0.15) is 9.29 Å². The van der Waals surface area contributed by atoms with E-state index in [0.717, 1.165) is 0 Å². The van der Waals surface area contributed by atoms with Crippen LogP contribution in [0.2, 0.25) is 0 Å². The second-order valence-corrected chi connectivity index (χ2v) is 8.87. The normalized spacial score (nSPS) is 19.5. The molecule has 8 nitrogen and oxygen atoms in total. The van der Waals surface area contributed by atoms with Crippen LogP contribution in [0.25, 0.3) is 10.7 Å². The van der Waals surface area contributed by atoms with Crippen molar-refractivity contribution in [2.45, 2.75) is 31.6 Å². The molecule has 0 aromatic carbocycles. The van der Waals surface area contributed by atoms with Gasteiger partial charge in [-0.1, -0.05) is 5.16 Å². The number of sulfonamides is 1. The van der Waals surface area contributed by atoms with Gasteiger partial charge in [0.15, 0.2) is 0 Å². The zero-order valence-electron chi connectivity index (χ0n) is 13.2.